The summed E-state index contributed by atoms with van der Waals surface area (Å²) < 4.78 is 4.93. The van der Waals surface area contributed by atoms with Crippen molar-refractivity contribution in [2.75, 3.05) is 0 Å². The molecule has 0 aromatic rings. The van der Waals surface area contributed by atoms with Crippen LogP contribution in [0.2, 0.25) is 0 Å². The number of aliphatic hydroxyl groups excluding tert-OH is 1. The lowest BCUT2D eigenvalue weighted by Gasteiger charge is -2.25. The third kappa shape index (κ3) is 1.12. The van der Waals surface area contributed by atoms with E-state index in [9.17, 15) is 14.7 Å². The fraction of sp³-hybridized carbons (Fsp3) is 0.750. The topological polar surface area (TPSA) is 63.6 Å². The molecule has 1 saturated carbocycles. The molecule has 0 aromatic heterocycles. The van der Waals surface area contributed by atoms with E-state index in [2.05, 4.69) is 0 Å². The Bertz CT molecular complexity index is 235. The zero-order valence-electron chi connectivity index (χ0n) is 6.53. The molecule has 2 rings (SSSR count). The minimum Gasteiger partial charge on any atom is -0.462 e. The van der Waals surface area contributed by atoms with Crippen LogP contribution in [-0.2, 0) is 14.3 Å². The summed E-state index contributed by atoms with van der Waals surface area (Å²) in [7, 11) is 0. The lowest BCUT2D eigenvalue weighted by Crippen LogP contribution is -2.36. The van der Waals surface area contributed by atoms with E-state index in [4.69, 9.17) is 4.74 Å². The second-order valence-electron chi connectivity index (χ2n) is 3.41. The molecule has 1 N–H and O–H groups in total. The minimum atomic E-state index is -0.919. The van der Waals surface area contributed by atoms with Gasteiger partial charge in [-0.2, -0.15) is 0 Å². The van der Waals surface area contributed by atoms with Crippen molar-refractivity contribution in [3.05, 3.63) is 0 Å². The van der Waals surface area contributed by atoms with Gasteiger partial charge in [-0.3, -0.25) is 9.59 Å². The highest BCUT2D eigenvalue weighted by molar-refractivity contribution is 5.85. The minimum absolute atomic E-state index is 0.0217. The number of ketones is 1. The fourth-order valence-corrected chi connectivity index (χ4v) is 1.85. The molecular weight excluding hydrogens is 160 g/mol. The Morgan fingerprint density at radius 2 is 2.08 bits per heavy atom. The summed E-state index contributed by atoms with van der Waals surface area (Å²) in [6.45, 7) is 0. The van der Waals surface area contributed by atoms with Crippen LogP contribution in [0.5, 0.6) is 0 Å². The van der Waals surface area contributed by atoms with Crippen LogP contribution < -0.4 is 0 Å². The Kier molecular flexibility index (Phi) is 1.65. The number of ether oxygens (including phenoxy) is 1. The molecular formula is C8H10O4. The molecule has 12 heavy (non-hydrogen) atoms. The van der Waals surface area contributed by atoms with Gasteiger partial charge in [0, 0.05) is 18.8 Å². The van der Waals surface area contributed by atoms with Crippen molar-refractivity contribution in [1.82, 2.24) is 0 Å². The maximum Gasteiger partial charge on any atom is 0.306 e. The van der Waals surface area contributed by atoms with E-state index in [-0.39, 0.29) is 36.6 Å². The molecule has 1 saturated heterocycles. The van der Waals surface area contributed by atoms with Crippen LogP contribution >= 0.6 is 0 Å². The van der Waals surface area contributed by atoms with Gasteiger partial charge in [-0.15, -0.1) is 0 Å². The van der Waals surface area contributed by atoms with Crippen molar-refractivity contribution >= 4 is 11.8 Å². The summed E-state index contributed by atoms with van der Waals surface area (Å²) in [5.74, 6) is -0.380. The number of rotatable bonds is 0. The smallest absolute Gasteiger partial charge is 0.306 e. The molecule has 2 fully saturated rings. The van der Waals surface area contributed by atoms with Crippen LogP contribution in [0.3, 0.4) is 0 Å². The maximum atomic E-state index is 11.0. The number of Topliss-reactive ketones (excluding diaryl/α,β-unsaturated/α-hetero) is 1. The Hall–Kier alpha value is -0.900. The van der Waals surface area contributed by atoms with E-state index < -0.39 is 6.10 Å². The molecule has 0 bridgehead atoms. The van der Waals surface area contributed by atoms with E-state index in [1.165, 1.54) is 0 Å². The van der Waals surface area contributed by atoms with E-state index in [1.807, 2.05) is 0 Å². The molecule has 1 aliphatic heterocycles. The van der Waals surface area contributed by atoms with Crippen LogP contribution in [0.4, 0.5) is 0 Å². The standard InChI is InChI=1S/C8H10O4/c9-5-1-4-2-8(11)12-7(4)3-6(5)10/h4,6-7,10H,1-3H2/t4-,6+,7-/m1/s1. The molecule has 2 aliphatic rings. The van der Waals surface area contributed by atoms with E-state index in [0.29, 0.717) is 6.42 Å². The Morgan fingerprint density at radius 1 is 1.33 bits per heavy atom. The molecule has 0 radical (unpaired) electrons. The summed E-state index contributed by atoms with van der Waals surface area (Å²) >= 11 is 0. The first-order valence-electron chi connectivity index (χ1n) is 4.07. The van der Waals surface area contributed by atoms with Gasteiger partial charge in [-0.25, -0.2) is 0 Å². The average Bonchev–Trinajstić information content (AvgIpc) is 2.30. The quantitative estimate of drug-likeness (QED) is 0.504. The molecule has 0 amide bonds. The molecule has 66 valence electrons. The predicted octanol–water partition coefficient (Wildman–Crippen LogP) is -0.358. The van der Waals surface area contributed by atoms with Gasteiger partial charge in [0.25, 0.3) is 0 Å². The first-order valence-corrected chi connectivity index (χ1v) is 4.07. The third-order valence-corrected chi connectivity index (χ3v) is 2.53. The van der Waals surface area contributed by atoms with Crippen LogP contribution in [0.1, 0.15) is 19.3 Å². The van der Waals surface area contributed by atoms with Crippen molar-refractivity contribution in [2.24, 2.45) is 5.92 Å². The molecule has 0 unspecified atom stereocenters. The highest BCUT2D eigenvalue weighted by Crippen LogP contribution is 2.33. The lowest BCUT2D eigenvalue weighted by atomic mass is 9.84. The van der Waals surface area contributed by atoms with E-state index in [1.54, 1.807) is 0 Å². The molecule has 3 atom stereocenters. The Morgan fingerprint density at radius 3 is 2.83 bits per heavy atom. The molecule has 1 heterocycles. The number of carbonyl (C=O) groups excluding carboxylic acids is 2. The van der Waals surface area contributed by atoms with Gasteiger partial charge in [-0.1, -0.05) is 0 Å². The van der Waals surface area contributed by atoms with Crippen LogP contribution in [0, 0.1) is 5.92 Å². The zero-order valence-corrected chi connectivity index (χ0v) is 6.53. The van der Waals surface area contributed by atoms with Crippen molar-refractivity contribution in [2.45, 2.75) is 31.5 Å². The molecule has 4 nitrogen and oxygen atoms in total. The number of hydrogen-bond acceptors (Lipinski definition) is 4. The normalized spacial score (nSPS) is 40.9. The van der Waals surface area contributed by atoms with Crippen molar-refractivity contribution in [1.29, 1.82) is 0 Å². The van der Waals surface area contributed by atoms with Gasteiger partial charge in [-0.05, 0) is 0 Å². The number of fused-ring (bicyclic) bond motifs is 1. The summed E-state index contributed by atoms with van der Waals surface area (Å²) in [6, 6.07) is 0. The first-order chi connectivity index (χ1) is 5.66. The van der Waals surface area contributed by atoms with Crippen LogP contribution in [-0.4, -0.2) is 29.1 Å². The Labute approximate surface area is 69.5 Å². The summed E-state index contributed by atoms with van der Waals surface area (Å²) in [4.78, 5) is 21.8. The van der Waals surface area contributed by atoms with Gasteiger partial charge in [0.2, 0.25) is 0 Å². The molecule has 0 spiro atoms. The number of carbonyl (C=O) groups is 2. The highest BCUT2D eigenvalue weighted by atomic mass is 16.6. The molecule has 0 aromatic carbocycles. The first kappa shape index (κ1) is 7.73. The van der Waals surface area contributed by atoms with Gasteiger partial charge < -0.3 is 9.84 Å². The van der Waals surface area contributed by atoms with E-state index in [0.717, 1.165) is 0 Å². The monoisotopic (exact) mass is 170 g/mol. The zero-order chi connectivity index (χ0) is 8.72. The molecule has 4 heteroatoms. The summed E-state index contributed by atoms with van der Waals surface area (Å²) in [5.41, 5.74) is 0. The fourth-order valence-electron chi connectivity index (χ4n) is 1.85. The highest BCUT2D eigenvalue weighted by Gasteiger charge is 2.42. The summed E-state index contributed by atoms with van der Waals surface area (Å²) in [6.07, 6.45) is -0.224. The number of aliphatic hydroxyl groups is 1. The van der Waals surface area contributed by atoms with Gasteiger partial charge in [0.1, 0.15) is 12.2 Å². The second-order valence-corrected chi connectivity index (χ2v) is 3.41. The van der Waals surface area contributed by atoms with Crippen molar-refractivity contribution in [3.63, 3.8) is 0 Å². The lowest BCUT2D eigenvalue weighted by molar-refractivity contribution is -0.146. The van der Waals surface area contributed by atoms with Crippen molar-refractivity contribution in [3.8, 4) is 0 Å². The van der Waals surface area contributed by atoms with Gasteiger partial charge in [0.15, 0.2) is 5.78 Å². The van der Waals surface area contributed by atoms with Crippen LogP contribution in [0.25, 0.3) is 0 Å². The second kappa shape index (κ2) is 2.55. The maximum absolute atomic E-state index is 11.0. The van der Waals surface area contributed by atoms with Crippen molar-refractivity contribution < 1.29 is 19.4 Å². The average molecular weight is 170 g/mol. The summed E-state index contributed by atoms with van der Waals surface area (Å²) in [5, 5.41) is 9.17. The van der Waals surface area contributed by atoms with E-state index >= 15 is 0 Å². The van der Waals surface area contributed by atoms with Crippen LogP contribution in [0.15, 0.2) is 0 Å². The number of hydrogen-bond donors (Lipinski definition) is 1. The number of esters is 1. The predicted molar refractivity (Wildman–Crippen MR) is 38.2 cm³/mol. The largest absolute Gasteiger partial charge is 0.462 e. The Balaban J connectivity index is 2.10. The van der Waals surface area contributed by atoms with Gasteiger partial charge >= 0.3 is 5.97 Å². The third-order valence-electron chi connectivity index (χ3n) is 2.53. The van der Waals surface area contributed by atoms with Gasteiger partial charge in [0.05, 0.1) is 6.42 Å². The molecule has 1 aliphatic carbocycles. The SMILES string of the molecule is O=C1C[C@H]2CC(=O)[C@@H](O)C[C@H]2O1.